The first kappa shape index (κ1) is 20.7. The number of aryl methyl sites for hydroxylation is 1. The van der Waals surface area contributed by atoms with Crippen LogP contribution in [0, 0.1) is 6.92 Å². The molecule has 0 aliphatic carbocycles. The molecule has 0 radical (unpaired) electrons. The molecule has 28 heavy (non-hydrogen) atoms. The van der Waals surface area contributed by atoms with Gasteiger partial charge in [0.15, 0.2) is 11.5 Å². The maximum absolute atomic E-state index is 6.03. The molecule has 152 valence electrons. The van der Waals surface area contributed by atoms with Crippen molar-refractivity contribution in [2.24, 2.45) is 0 Å². The number of hydrogen-bond acceptors (Lipinski definition) is 4. The summed E-state index contributed by atoms with van der Waals surface area (Å²) in [7, 11) is 0. The van der Waals surface area contributed by atoms with Crippen LogP contribution in [-0.2, 0) is 13.2 Å². The van der Waals surface area contributed by atoms with E-state index >= 15 is 0 Å². The molecule has 4 nitrogen and oxygen atoms in total. The number of hydrogen-bond donors (Lipinski definition) is 1. The Labute approximate surface area is 169 Å². The van der Waals surface area contributed by atoms with Gasteiger partial charge in [0.2, 0.25) is 0 Å². The molecule has 1 aliphatic rings. The first-order chi connectivity index (χ1) is 13.7. The Bertz CT molecular complexity index is 730. The van der Waals surface area contributed by atoms with E-state index in [2.05, 4.69) is 60.5 Å². The van der Waals surface area contributed by atoms with Crippen molar-refractivity contribution in [3.63, 3.8) is 0 Å². The van der Waals surface area contributed by atoms with Crippen LogP contribution in [0.3, 0.4) is 0 Å². The van der Waals surface area contributed by atoms with Crippen LogP contribution in [0.2, 0.25) is 0 Å². The molecule has 3 rings (SSSR count). The summed E-state index contributed by atoms with van der Waals surface area (Å²) in [5.41, 5.74) is 3.65. The number of rotatable bonds is 10. The van der Waals surface area contributed by atoms with Gasteiger partial charge in [0.1, 0.15) is 6.61 Å². The molecule has 2 aromatic carbocycles. The van der Waals surface area contributed by atoms with Gasteiger partial charge < -0.3 is 14.8 Å². The summed E-state index contributed by atoms with van der Waals surface area (Å²) in [6.07, 6.45) is 2.62. The number of nitrogens with zero attached hydrogens (tertiary/aromatic N) is 1. The molecule has 1 aliphatic heterocycles. The van der Waals surface area contributed by atoms with Crippen LogP contribution in [0.15, 0.2) is 42.5 Å². The largest absolute Gasteiger partial charge is 0.490 e. The number of benzene rings is 2. The van der Waals surface area contributed by atoms with Crippen LogP contribution in [0.1, 0.15) is 43.4 Å². The van der Waals surface area contributed by atoms with Crippen molar-refractivity contribution in [1.82, 2.24) is 10.2 Å². The molecular formula is C24H34N2O2. The summed E-state index contributed by atoms with van der Waals surface area (Å²) in [4.78, 5) is 2.57. The summed E-state index contributed by atoms with van der Waals surface area (Å²) in [5.74, 6) is 1.63. The van der Waals surface area contributed by atoms with Gasteiger partial charge in [0, 0.05) is 19.1 Å². The van der Waals surface area contributed by atoms with Crippen molar-refractivity contribution in [2.45, 2.75) is 52.8 Å². The first-order valence-corrected chi connectivity index (χ1v) is 10.6. The number of likely N-dealkylation sites (tertiary alicyclic amines) is 1. The zero-order valence-electron chi connectivity index (χ0n) is 17.5. The predicted octanol–water partition coefficient (Wildman–Crippen LogP) is 4.55. The van der Waals surface area contributed by atoms with E-state index in [0.29, 0.717) is 19.3 Å². The first-order valence-electron chi connectivity index (χ1n) is 10.6. The molecular weight excluding hydrogens is 348 g/mol. The van der Waals surface area contributed by atoms with Crippen molar-refractivity contribution in [3.8, 4) is 11.5 Å². The average molecular weight is 383 g/mol. The van der Waals surface area contributed by atoms with E-state index in [1.807, 2.05) is 13.0 Å². The van der Waals surface area contributed by atoms with Crippen LogP contribution in [0.4, 0.5) is 0 Å². The van der Waals surface area contributed by atoms with E-state index in [4.69, 9.17) is 9.47 Å². The molecule has 0 saturated carbocycles. The van der Waals surface area contributed by atoms with Gasteiger partial charge in [-0.25, -0.2) is 0 Å². The van der Waals surface area contributed by atoms with Crippen molar-refractivity contribution >= 4 is 0 Å². The molecule has 2 aromatic rings. The van der Waals surface area contributed by atoms with E-state index in [1.165, 1.54) is 30.5 Å². The fourth-order valence-electron chi connectivity index (χ4n) is 3.82. The SMILES string of the molecule is CCOc1cc(CNC[C@@H]2CCCN2CC)ccc1OCc1ccc(C)cc1. The van der Waals surface area contributed by atoms with Crippen LogP contribution < -0.4 is 14.8 Å². The Morgan fingerprint density at radius 2 is 1.79 bits per heavy atom. The Kier molecular flexibility index (Phi) is 7.75. The summed E-state index contributed by atoms with van der Waals surface area (Å²) in [6.45, 7) is 11.8. The maximum Gasteiger partial charge on any atom is 0.161 e. The third-order valence-electron chi connectivity index (χ3n) is 5.44. The quantitative estimate of drug-likeness (QED) is 0.654. The minimum Gasteiger partial charge on any atom is -0.490 e. The average Bonchev–Trinajstić information content (AvgIpc) is 3.16. The summed E-state index contributed by atoms with van der Waals surface area (Å²) in [6, 6.07) is 15.4. The Morgan fingerprint density at radius 1 is 1.00 bits per heavy atom. The molecule has 1 atom stereocenters. The van der Waals surface area contributed by atoms with E-state index in [1.54, 1.807) is 0 Å². The fraction of sp³-hybridized carbons (Fsp3) is 0.500. The van der Waals surface area contributed by atoms with Crippen molar-refractivity contribution in [3.05, 3.63) is 59.2 Å². The van der Waals surface area contributed by atoms with Gasteiger partial charge in [-0.2, -0.15) is 0 Å². The highest BCUT2D eigenvalue weighted by Gasteiger charge is 2.22. The van der Waals surface area contributed by atoms with Gasteiger partial charge in [-0.05, 0) is 63.0 Å². The summed E-state index contributed by atoms with van der Waals surface area (Å²) >= 11 is 0. The van der Waals surface area contributed by atoms with Crippen molar-refractivity contribution < 1.29 is 9.47 Å². The lowest BCUT2D eigenvalue weighted by atomic mass is 10.1. The van der Waals surface area contributed by atoms with Crippen molar-refractivity contribution in [1.29, 1.82) is 0 Å². The molecule has 4 heteroatoms. The fourth-order valence-corrected chi connectivity index (χ4v) is 3.82. The minimum atomic E-state index is 0.548. The number of ether oxygens (including phenoxy) is 2. The summed E-state index contributed by atoms with van der Waals surface area (Å²) < 4.78 is 11.9. The molecule has 1 saturated heterocycles. The van der Waals surface area contributed by atoms with E-state index < -0.39 is 0 Å². The van der Waals surface area contributed by atoms with Crippen LogP contribution in [0.5, 0.6) is 11.5 Å². The number of likely N-dealkylation sites (N-methyl/N-ethyl adjacent to an activating group) is 1. The molecule has 1 N–H and O–H groups in total. The van der Waals surface area contributed by atoms with Crippen LogP contribution in [0.25, 0.3) is 0 Å². The molecule has 0 unspecified atom stereocenters. The normalized spacial score (nSPS) is 17.0. The Balaban J connectivity index is 1.56. The van der Waals surface area contributed by atoms with Crippen molar-refractivity contribution in [2.75, 3.05) is 26.2 Å². The predicted molar refractivity (Wildman–Crippen MR) is 115 cm³/mol. The van der Waals surface area contributed by atoms with Crippen LogP contribution in [-0.4, -0.2) is 37.2 Å². The lowest BCUT2D eigenvalue weighted by Crippen LogP contribution is -2.37. The van der Waals surface area contributed by atoms with E-state index in [9.17, 15) is 0 Å². The molecule has 1 fully saturated rings. The Morgan fingerprint density at radius 3 is 2.54 bits per heavy atom. The second kappa shape index (κ2) is 10.5. The van der Waals surface area contributed by atoms with Crippen LogP contribution >= 0.6 is 0 Å². The Hall–Kier alpha value is -2.04. The maximum atomic E-state index is 6.03. The van der Waals surface area contributed by atoms with E-state index in [-0.39, 0.29) is 0 Å². The highest BCUT2D eigenvalue weighted by molar-refractivity contribution is 5.43. The highest BCUT2D eigenvalue weighted by atomic mass is 16.5. The molecule has 0 bridgehead atoms. The molecule has 1 heterocycles. The zero-order chi connectivity index (χ0) is 19.8. The lowest BCUT2D eigenvalue weighted by molar-refractivity contribution is 0.259. The zero-order valence-corrected chi connectivity index (χ0v) is 17.5. The van der Waals surface area contributed by atoms with Gasteiger partial charge in [0.05, 0.1) is 6.61 Å². The lowest BCUT2D eigenvalue weighted by Gasteiger charge is -2.23. The molecule has 0 amide bonds. The smallest absolute Gasteiger partial charge is 0.161 e. The van der Waals surface area contributed by atoms with Gasteiger partial charge >= 0.3 is 0 Å². The second-order valence-corrected chi connectivity index (χ2v) is 7.54. The third-order valence-corrected chi connectivity index (χ3v) is 5.44. The monoisotopic (exact) mass is 382 g/mol. The summed E-state index contributed by atoms with van der Waals surface area (Å²) in [5, 5.41) is 3.62. The van der Waals surface area contributed by atoms with Gasteiger partial charge in [-0.3, -0.25) is 4.90 Å². The molecule has 0 spiro atoms. The van der Waals surface area contributed by atoms with Gasteiger partial charge in [-0.1, -0.05) is 42.8 Å². The standard InChI is InChI=1S/C24H34N2O2/c1-4-26-14-6-7-22(26)17-25-16-21-12-13-23(24(15-21)27-5-2)28-18-20-10-8-19(3)9-11-20/h8-13,15,22,25H,4-7,14,16-18H2,1-3H3/t22-/m0/s1. The van der Waals surface area contributed by atoms with Gasteiger partial charge in [-0.15, -0.1) is 0 Å². The minimum absolute atomic E-state index is 0.548. The highest BCUT2D eigenvalue weighted by Crippen LogP contribution is 2.29. The van der Waals surface area contributed by atoms with E-state index in [0.717, 1.165) is 36.7 Å². The van der Waals surface area contributed by atoms with Gasteiger partial charge in [0.25, 0.3) is 0 Å². The molecule has 0 aromatic heterocycles. The second-order valence-electron chi connectivity index (χ2n) is 7.54. The topological polar surface area (TPSA) is 33.7 Å². The number of nitrogens with one attached hydrogen (secondary N) is 1. The third kappa shape index (κ3) is 5.73.